The minimum absolute atomic E-state index is 0.0278. The maximum atomic E-state index is 13.7. The molecule has 292 valence electrons. The van der Waals surface area contributed by atoms with E-state index in [4.69, 9.17) is 31.9 Å². The zero-order chi connectivity index (χ0) is 38.8. The van der Waals surface area contributed by atoms with Gasteiger partial charge in [0.15, 0.2) is 45.3 Å². The number of fused-ring (bicyclic) bond motifs is 2. The van der Waals surface area contributed by atoms with Gasteiger partial charge < -0.3 is 37.0 Å². The van der Waals surface area contributed by atoms with E-state index in [9.17, 15) is 9.90 Å². The van der Waals surface area contributed by atoms with Crippen molar-refractivity contribution < 1.29 is 41.8 Å². The summed E-state index contributed by atoms with van der Waals surface area (Å²) in [5.41, 5.74) is 0.247. The molecule has 0 saturated carbocycles. The number of hydrogen-bond donors (Lipinski definition) is 1. The molecule has 0 aromatic carbocycles. The fourth-order valence-electron chi connectivity index (χ4n) is 5.28. The normalized spacial score (nSPS) is 30.1. The lowest BCUT2D eigenvalue weighted by Crippen LogP contribution is -2.70. The van der Waals surface area contributed by atoms with Crippen LogP contribution in [-0.2, 0) is 36.7 Å². The Morgan fingerprint density at radius 3 is 1.54 bits per heavy atom. The van der Waals surface area contributed by atoms with Crippen LogP contribution in [0.25, 0.3) is 0 Å². The van der Waals surface area contributed by atoms with Crippen LogP contribution in [0.1, 0.15) is 83.1 Å². The van der Waals surface area contributed by atoms with Gasteiger partial charge in [0.05, 0.1) is 13.2 Å². The average molecular weight is 775 g/mol. The zero-order valence-corrected chi connectivity index (χ0v) is 39.3. The summed E-state index contributed by atoms with van der Waals surface area (Å²) >= 11 is 0. The molecule has 8 atom stereocenters. The summed E-state index contributed by atoms with van der Waals surface area (Å²) in [5, 5.41) is 12.0. The average Bonchev–Trinajstić information content (AvgIpc) is 3.32. The number of rotatable bonds is 11. The van der Waals surface area contributed by atoms with Crippen molar-refractivity contribution in [2.24, 2.45) is 0 Å². The summed E-state index contributed by atoms with van der Waals surface area (Å²) in [7, 11) is -9.68. The Hall–Kier alpha value is -0.0425. The molecule has 2 bridgehead atoms. The SMILES string of the molecule is CC(C)(C)[Si](C)(C)OC[C@H]1O[C@@H]([C@H](O)C2=C[C@H]3OC[C@@H](O3)C2=O)[C@H](O[Si](C)(C)C(C)(C)C)[C@@H](O[Si](C)(C)C(C)(C)C)[C@H]1O[Si](C)(C)C(C)(C)C. The molecule has 0 unspecified atom stereocenters. The standard InChI is InChI=1S/C37H74O9Si4/c1-34(2,3)47(13,14)41-23-26-30(44-48(15,16)35(4,5)6)32(45-49(17,18)36(7,8)9)33(46-50(19,20)37(10,11)12)31(43-26)29(39)24-21-27-40-22-25(42-27)28(24)38/h21,25-27,29-33,39H,22-23H2,1-20H3/t25-,26-,27+,29-,30+,31+,32+,33+/m1/s1. The molecule has 3 heterocycles. The summed E-state index contributed by atoms with van der Waals surface area (Å²) in [6.07, 6.45) is -4.50. The van der Waals surface area contributed by atoms with Crippen molar-refractivity contribution in [2.45, 2.75) is 205 Å². The molecule has 0 radical (unpaired) electrons. The number of aliphatic hydroxyl groups is 1. The summed E-state index contributed by atoms with van der Waals surface area (Å²) < 4.78 is 47.7. The monoisotopic (exact) mass is 774 g/mol. The number of carbonyl (C=O) groups is 1. The van der Waals surface area contributed by atoms with Crippen LogP contribution in [0, 0.1) is 0 Å². The lowest BCUT2D eigenvalue weighted by Gasteiger charge is -2.56. The van der Waals surface area contributed by atoms with Crippen molar-refractivity contribution >= 4 is 39.1 Å². The summed E-state index contributed by atoms with van der Waals surface area (Å²) in [4.78, 5) is 13.7. The van der Waals surface area contributed by atoms with Gasteiger partial charge in [-0.1, -0.05) is 83.1 Å². The van der Waals surface area contributed by atoms with Gasteiger partial charge >= 0.3 is 0 Å². The van der Waals surface area contributed by atoms with Gasteiger partial charge in [0.2, 0.25) is 0 Å². The van der Waals surface area contributed by atoms with E-state index in [2.05, 4.69) is 135 Å². The zero-order valence-electron chi connectivity index (χ0n) is 35.3. The second-order valence-electron chi connectivity index (χ2n) is 21.0. The molecule has 9 nitrogen and oxygen atoms in total. The largest absolute Gasteiger partial charge is 0.414 e. The highest BCUT2D eigenvalue weighted by atomic mass is 28.4. The summed E-state index contributed by atoms with van der Waals surface area (Å²) in [5.74, 6) is -0.281. The van der Waals surface area contributed by atoms with Gasteiger partial charge in [0.25, 0.3) is 0 Å². The van der Waals surface area contributed by atoms with Crippen molar-refractivity contribution in [3.63, 3.8) is 0 Å². The lowest BCUT2D eigenvalue weighted by molar-refractivity contribution is -0.233. The number of hydrogen-bond acceptors (Lipinski definition) is 9. The lowest BCUT2D eigenvalue weighted by atomic mass is 9.87. The van der Waals surface area contributed by atoms with Crippen molar-refractivity contribution in [3.8, 4) is 0 Å². The minimum Gasteiger partial charge on any atom is -0.414 e. The molecule has 0 aromatic heterocycles. The second kappa shape index (κ2) is 14.6. The van der Waals surface area contributed by atoms with Crippen molar-refractivity contribution in [2.75, 3.05) is 13.2 Å². The van der Waals surface area contributed by atoms with Gasteiger partial charge in [0.1, 0.15) is 42.7 Å². The fraction of sp³-hybridized carbons (Fsp3) is 0.919. The number of carbonyl (C=O) groups excluding carboxylic acids is 1. The molecule has 2 fully saturated rings. The highest BCUT2D eigenvalue weighted by Gasteiger charge is 2.59. The van der Waals surface area contributed by atoms with Crippen LogP contribution in [0.4, 0.5) is 0 Å². The molecule has 50 heavy (non-hydrogen) atoms. The van der Waals surface area contributed by atoms with Crippen LogP contribution < -0.4 is 0 Å². The van der Waals surface area contributed by atoms with E-state index in [1.54, 1.807) is 6.08 Å². The van der Waals surface area contributed by atoms with E-state index in [1.807, 2.05) is 0 Å². The molecular formula is C37H74O9Si4. The highest BCUT2D eigenvalue weighted by molar-refractivity contribution is 6.75. The van der Waals surface area contributed by atoms with Crippen molar-refractivity contribution in [1.29, 1.82) is 0 Å². The predicted molar refractivity (Wildman–Crippen MR) is 212 cm³/mol. The summed E-state index contributed by atoms with van der Waals surface area (Å²) in [6, 6.07) is 0. The molecule has 13 heteroatoms. The molecule has 0 aromatic rings. The Balaban J connectivity index is 2.31. The predicted octanol–water partition coefficient (Wildman–Crippen LogP) is 8.56. The Kier molecular flexibility index (Phi) is 12.9. The Morgan fingerprint density at radius 2 is 1.10 bits per heavy atom. The van der Waals surface area contributed by atoms with Crippen molar-refractivity contribution in [3.05, 3.63) is 11.6 Å². The van der Waals surface area contributed by atoms with Gasteiger partial charge in [-0.15, -0.1) is 0 Å². The van der Waals surface area contributed by atoms with E-state index in [0.29, 0.717) is 0 Å². The van der Waals surface area contributed by atoms with Crippen LogP contribution in [0.3, 0.4) is 0 Å². The van der Waals surface area contributed by atoms with E-state index >= 15 is 0 Å². The molecular weight excluding hydrogens is 701 g/mol. The molecule has 2 saturated heterocycles. The van der Waals surface area contributed by atoms with Crippen LogP contribution in [0.5, 0.6) is 0 Å². The second-order valence-corrected chi connectivity index (χ2v) is 40.1. The number of aliphatic hydroxyl groups excluding tert-OH is 1. The van der Waals surface area contributed by atoms with Crippen LogP contribution in [-0.4, -0.2) is 106 Å². The number of ketones is 1. The van der Waals surface area contributed by atoms with Crippen LogP contribution >= 0.6 is 0 Å². The first-order valence-electron chi connectivity index (χ1n) is 18.7. The molecule has 0 amide bonds. The van der Waals surface area contributed by atoms with E-state index < -0.39 is 82.3 Å². The van der Waals surface area contributed by atoms with Gasteiger partial charge in [-0.05, 0) is 78.6 Å². The number of ether oxygens (including phenoxy) is 3. The molecule has 3 rings (SSSR count). The Bertz CT molecular complexity index is 1240. The smallest absolute Gasteiger partial charge is 0.192 e. The van der Waals surface area contributed by atoms with E-state index in [1.165, 1.54) is 0 Å². The van der Waals surface area contributed by atoms with Crippen LogP contribution in [0.2, 0.25) is 72.5 Å². The number of Topliss-reactive ketones (excluding diaryl/α,β-unsaturated/α-hetero) is 1. The Labute approximate surface area is 309 Å². The Morgan fingerprint density at radius 1 is 0.680 bits per heavy atom. The third-order valence-electron chi connectivity index (χ3n) is 13.0. The van der Waals surface area contributed by atoms with Crippen LogP contribution in [0.15, 0.2) is 11.6 Å². The molecule has 3 aliphatic rings. The first-order valence-corrected chi connectivity index (χ1v) is 30.3. The van der Waals surface area contributed by atoms with Gasteiger partial charge in [-0.2, -0.15) is 0 Å². The topological polar surface area (TPSA) is 102 Å². The third-order valence-corrected chi connectivity index (χ3v) is 30.9. The fourth-order valence-corrected chi connectivity index (χ4v) is 10.2. The maximum Gasteiger partial charge on any atom is 0.192 e. The van der Waals surface area contributed by atoms with Gasteiger partial charge in [0, 0.05) is 5.57 Å². The van der Waals surface area contributed by atoms with E-state index in [0.717, 1.165) is 0 Å². The summed E-state index contributed by atoms with van der Waals surface area (Å²) in [6.45, 7) is 45.1. The first-order chi connectivity index (χ1) is 22.1. The third kappa shape index (κ3) is 9.42. The molecule has 0 spiro atoms. The van der Waals surface area contributed by atoms with Crippen molar-refractivity contribution in [1.82, 2.24) is 0 Å². The van der Waals surface area contributed by atoms with Gasteiger partial charge in [-0.25, -0.2) is 0 Å². The first kappa shape index (κ1) is 44.4. The van der Waals surface area contributed by atoms with Gasteiger partial charge in [-0.3, -0.25) is 4.79 Å². The van der Waals surface area contributed by atoms with E-state index in [-0.39, 0.29) is 44.7 Å². The quantitative estimate of drug-likeness (QED) is 0.207. The molecule has 0 aliphatic carbocycles. The highest BCUT2D eigenvalue weighted by Crippen LogP contribution is 2.47. The molecule has 3 aliphatic heterocycles. The maximum absolute atomic E-state index is 13.7. The molecule has 1 N–H and O–H groups in total. The minimum atomic E-state index is -2.52.